The van der Waals surface area contributed by atoms with Gasteiger partial charge in [0.2, 0.25) is 5.91 Å². The first-order valence-corrected chi connectivity index (χ1v) is 9.27. The van der Waals surface area contributed by atoms with Gasteiger partial charge in [0.05, 0.1) is 19.1 Å². The fourth-order valence-electron chi connectivity index (χ4n) is 2.89. The topological polar surface area (TPSA) is 75.6 Å². The van der Waals surface area contributed by atoms with E-state index < -0.39 is 12.1 Å². The van der Waals surface area contributed by atoms with Crippen LogP contribution in [0.5, 0.6) is 0 Å². The molecular formula is C18H33NO4. The van der Waals surface area contributed by atoms with Gasteiger partial charge in [-0.3, -0.25) is 4.79 Å². The van der Waals surface area contributed by atoms with Crippen LogP contribution in [0.3, 0.4) is 0 Å². The minimum absolute atomic E-state index is 0.0702. The van der Waals surface area contributed by atoms with Crippen LogP contribution in [0.2, 0.25) is 0 Å². The van der Waals surface area contributed by atoms with Gasteiger partial charge in [-0.15, -0.1) is 0 Å². The molecule has 1 heterocycles. The number of esters is 1. The Balaban J connectivity index is 1.94. The molecule has 134 valence electrons. The summed E-state index contributed by atoms with van der Waals surface area (Å²) in [5, 5.41) is 12.5. The van der Waals surface area contributed by atoms with Crippen LogP contribution in [0.1, 0.15) is 84.0 Å². The molecule has 0 aromatic carbocycles. The van der Waals surface area contributed by atoms with E-state index in [1.165, 1.54) is 44.9 Å². The zero-order valence-corrected chi connectivity index (χ0v) is 14.5. The van der Waals surface area contributed by atoms with E-state index in [0.29, 0.717) is 19.4 Å². The summed E-state index contributed by atoms with van der Waals surface area (Å²) in [6.45, 7) is 2.59. The third-order valence-corrected chi connectivity index (χ3v) is 4.33. The second-order valence-corrected chi connectivity index (χ2v) is 6.55. The van der Waals surface area contributed by atoms with Crippen molar-refractivity contribution in [3.8, 4) is 0 Å². The van der Waals surface area contributed by atoms with Crippen LogP contribution >= 0.6 is 0 Å². The highest BCUT2D eigenvalue weighted by molar-refractivity contribution is 5.85. The molecule has 0 aromatic heterocycles. The number of amides is 1. The summed E-state index contributed by atoms with van der Waals surface area (Å²) in [6.07, 6.45) is 11.8. The van der Waals surface area contributed by atoms with Crippen molar-refractivity contribution in [2.45, 2.75) is 96.1 Å². The van der Waals surface area contributed by atoms with Crippen molar-refractivity contribution in [3.63, 3.8) is 0 Å². The van der Waals surface area contributed by atoms with E-state index in [0.717, 1.165) is 12.8 Å². The third kappa shape index (κ3) is 9.59. The summed E-state index contributed by atoms with van der Waals surface area (Å²) in [7, 11) is 0. The first-order chi connectivity index (χ1) is 11.1. The SMILES string of the molecule is CCCCCCCCCCCC(O)CC(=O)N[C@H]1CCOC1=O. The molecule has 1 unspecified atom stereocenters. The smallest absolute Gasteiger partial charge is 0.328 e. The second-order valence-electron chi connectivity index (χ2n) is 6.55. The molecule has 0 spiro atoms. The largest absolute Gasteiger partial charge is 0.464 e. The van der Waals surface area contributed by atoms with E-state index in [1.807, 2.05) is 0 Å². The van der Waals surface area contributed by atoms with Crippen LogP contribution in [0.25, 0.3) is 0 Å². The number of hydrogen-bond donors (Lipinski definition) is 2. The molecule has 0 aliphatic carbocycles. The van der Waals surface area contributed by atoms with Gasteiger partial charge in [-0.25, -0.2) is 4.79 Å². The molecule has 0 saturated carbocycles. The van der Waals surface area contributed by atoms with Gasteiger partial charge in [-0.1, -0.05) is 64.7 Å². The highest BCUT2D eigenvalue weighted by Gasteiger charge is 2.28. The van der Waals surface area contributed by atoms with Crippen molar-refractivity contribution >= 4 is 11.9 Å². The van der Waals surface area contributed by atoms with Crippen LogP contribution in [-0.4, -0.2) is 35.7 Å². The zero-order valence-electron chi connectivity index (χ0n) is 14.5. The van der Waals surface area contributed by atoms with E-state index in [2.05, 4.69) is 12.2 Å². The van der Waals surface area contributed by atoms with Crippen LogP contribution in [0.15, 0.2) is 0 Å². The van der Waals surface area contributed by atoms with Gasteiger partial charge >= 0.3 is 5.97 Å². The number of hydrogen-bond acceptors (Lipinski definition) is 4. The highest BCUT2D eigenvalue weighted by atomic mass is 16.5. The van der Waals surface area contributed by atoms with Crippen molar-refractivity contribution in [2.75, 3.05) is 6.61 Å². The molecule has 1 aliphatic rings. The Morgan fingerprint density at radius 2 is 1.78 bits per heavy atom. The van der Waals surface area contributed by atoms with Crippen molar-refractivity contribution < 1.29 is 19.4 Å². The van der Waals surface area contributed by atoms with E-state index in [-0.39, 0.29) is 18.3 Å². The Hall–Kier alpha value is -1.10. The normalized spacial score (nSPS) is 18.7. The predicted molar refractivity (Wildman–Crippen MR) is 90.0 cm³/mol. The van der Waals surface area contributed by atoms with Crippen molar-refractivity contribution in [2.24, 2.45) is 0 Å². The molecule has 1 aliphatic heterocycles. The summed E-state index contributed by atoms with van der Waals surface area (Å²) < 4.78 is 4.79. The van der Waals surface area contributed by atoms with Gasteiger partial charge in [0, 0.05) is 6.42 Å². The summed E-state index contributed by atoms with van der Waals surface area (Å²) >= 11 is 0. The van der Waals surface area contributed by atoms with Gasteiger partial charge < -0.3 is 15.2 Å². The number of rotatable bonds is 13. The highest BCUT2D eigenvalue weighted by Crippen LogP contribution is 2.13. The minimum Gasteiger partial charge on any atom is -0.464 e. The van der Waals surface area contributed by atoms with E-state index in [1.54, 1.807) is 0 Å². The number of aliphatic hydroxyl groups is 1. The number of unbranched alkanes of at least 4 members (excludes halogenated alkanes) is 8. The lowest BCUT2D eigenvalue weighted by Crippen LogP contribution is -2.39. The number of nitrogens with one attached hydrogen (secondary N) is 1. The Kier molecular flexibility index (Phi) is 10.7. The summed E-state index contributed by atoms with van der Waals surface area (Å²) in [6, 6.07) is -0.526. The van der Waals surface area contributed by atoms with E-state index in [4.69, 9.17) is 4.74 Å². The Bertz CT molecular complexity index is 346. The molecule has 0 radical (unpaired) electrons. The molecule has 2 N–H and O–H groups in total. The average Bonchev–Trinajstić information content (AvgIpc) is 2.90. The molecule has 5 heteroatoms. The van der Waals surface area contributed by atoms with Gasteiger partial charge in [-0.2, -0.15) is 0 Å². The van der Waals surface area contributed by atoms with Crippen molar-refractivity contribution in [1.82, 2.24) is 5.32 Å². The lowest BCUT2D eigenvalue weighted by atomic mass is 10.0. The molecule has 23 heavy (non-hydrogen) atoms. The summed E-state index contributed by atoms with van der Waals surface area (Å²) in [4.78, 5) is 23.0. The Morgan fingerprint density at radius 3 is 2.35 bits per heavy atom. The van der Waals surface area contributed by atoms with Gasteiger partial charge in [0.25, 0.3) is 0 Å². The molecule has 1 fully saturated rings. The lowest BCUT2D eigenvalue weighted by Gasteiger charge is -2.12. The monoisotopic (exact) mass is 327 g/mol. The maximum atomic E-state index is 11.7. The Morgan fingerprint density at radius 1 is 1.17 bits per heavy atom. The number of ether oxygens (including phenoxy) is 1. The maximum absolute atomic E-state index is 11.7. The fraction of sp³-hybridized carbons (Fsp3) is 0.889. The van der Waals surface area contributed by atoms with Gasteiger partial charge in [-0.05, 0) is 6.42 Å². The Labute approximate surface area is 140 Å². The molecule has 2 atom stereocenters. The molecule has 0 aromatic rings. The van der Waals surface area contributed by atoms with Gasteiger partial charge in [0.1, 0.15) is 6.04 Å². The van der Waals surface area contributed by atoms with Crippen LogP contribution < -0.4 is 5.32 Å². The summed E-state index contributed by atoms with van der Waals surface area (Å²) in [5.74, 6) is -0.635. The zero-order chi connectivity index (χ0) is 16.9. The maximum Gasteiger partial charge on any atom is 0.328 e. The molecule has 5 nitrogen and oxygen atoms in total. The predicted octanol–water partition coefficient (Wildman–Crippen LogP) is 3.09. The first-order valence-electron chi connectivity index (χ1n) is 9.27. The first kappa shape index (κ1) is 19.9. The molecule has 1 saturated heterocycles. The molecule has 1 rings (SSSR count). The number of carbonyl (C=O) groups is 2. The molecule has 0 bridgehead atoms. The fourth-order valence-corrected chi connectivity index (χ4v) is 2.89. The van der Waals surface area contributed by atoms with E-state index >= 15 is 0 Å². The quantitative estimate of drug-likeness (QED) is 0.403. The number of cyclic esters (lactones) is 1. The standard InChI is InChI=1S/C18H33NO4/c1-2-3-4-5-6-7-8-9-10-11-15(20)14-17(21)19-16-12-13-23-18(16)22/h15-16,20H,2-14H2,1H3,(H,19,21)/t15?,16-/m0/s1. The van der Waals surface area contributed by atoms with Gasteiger partial charge in [0.15, 0.2) is 0 Å². The van der Waals surface area contributed by atoms with Crippen molar-refractivity contribution in [1.29, 1.82) is 0 Å². The minimum atomic E-state index is -0.614. The van der Waals surface area contributed by atoms with Crippen molar-refractivity contribution in [3.05, 3.63) is 0 Å². The second kappa shape index (κ2) is 12.3. The number of aliphatic hydroxyl groups excluding tert-OH is 1. The average molecular weight is 327 g/mol. The van der Waals surface area contributed by atoms with E-state index in [9.17, 15) is 14.7 Å². The van der Waals surface area contributed by atoms with Crippen LogP contribution in [-0.2, 0) is 14.3 Å². The summed E-state index contributed by atoms with van der Waals surface area (Å²) in [5.41, 5.74) is 0. The molecular weight excluding hydrogens is 294 g/mol. The van der Waals surface area contributed by atoms with Crippen LogP contribution in [0.4, 0.5) is 0 Å². The van der Waals surface area contributed by atoms with Crippen LogP contribution in [0, 0.1) is 0 Å². The third-order valence-electron chi connectivity index (χ3n) is 4.33. The number of carbonyl (C=O) groups excluding carboxylic acids is 2. The molecule has 1 amide bonds. The lowest BCUT2D eigenvalue weighted by molar-refractivity contribution is -0.141.